The lowest BCUT2D eigenvalue weighted by atomic mass is 10.1. The van der Waals surface area contributed by atoms with Gasteiger partial charge in [-0.2, -0.15) is 0 Å². The third-order valence-electron chi connectivity index (χ3n) is 2.30. The molecule has 0 heterocycles. The van der Waals surface area contributed by atoms with Crippen molar-refractivity contribution in [2.75, 3.05) is 13.1 Å². The molecule has 0 aliphatic heterocycles. The predicted molar refractivity (Wildman–Crippen MR) is 63.0 cm³/mol. The number of nitrogens with one attached hydrogen (secondary N) is 1. The molecule has 1 amide bonds. The van der Waals surface area contributed by atoms with Crippen LogP contribution in [0, 0.1) is 0 Å². The van der Waals surface area contributed by atoms with Gasteiger partial charge in [-0.3, -0.25) is 15.1 Å². The molecule has 86 valence electrons. The summed E-state index contributed by atoms with van der Waals surface area (Å²) in [7, 11) is 0. The lowest BCUT2D eigenvalue weighted by molar-refractivity contribution is -0.121. The second-order valence-corrected chi connectivity index (χ2v) is 3.49. The van der Waals surface area contributed by atoms with Gasteiger partial charge in [0.05, 0.1) is 0 Å². The van der Waals surface area contributed by atoms with Crippen LogP contribution in [-0.2, 0) is 4.79 Å². The zero-order valence-electron chi connectivity index (χ0n) is 9.41. The Morgan fingerprint density at radius 1 is 1.47 bits per heavy atom. The molecule has 0 aliphatic rings. The Morgan fingerprint density at radius 2 is 2.00 bits per heavy atom. The summed E-state index contributed by atoms with van der Waals surface area (Å²) >= 11 is 0. The van der Waals surface area contributed by atoms with E-state index < -0.39 is 0 Å². The molecule has 4 nitrogen and oxygen atoms in total. The first-order chi connectivity index (χ1) is 7.15. The highest BCUT2D eigenvalue weighted by Gasteiger charge is 2.12. The zero-order valence-corrected chi connectivity index (χ0v) is 9.41. The monoisotopic (exact) mass is 211 g/mol. The van der Waals surface area contributed by atoms with Crippen molar-refractivity contribution >= 4 is 5.91 Å². The highest BCUT2D eigenvalue weighted by molar-refractivity contribution is 5.75. The van der Waals surface area contributed by atoms with E-state index in [-0.39, 0.29) is 5.91 Å². The summed E-state index contributed by atoms with van der Waals surface area (Å²) in [5.74, 6) is 4.88. The first-order valence-electron chi connectivity index (χ1n) is 5.11. The maximum atomic E-state index is 11.0. The quantitative estimate of drug-likeness (QED) is 0.270. The van der Waals surface area contributed by atoms with Crippen LogP contribution in [0.1, 0.15) is 19.8 Å². The Balaban J connectivity index is 4.00. The van der Waals surface area contributed by atoms with Gasteiger partial charge in [0.1, 0.15) is 0 Å². The Kier molecular flexibility index (Phi) is 7.58. The number of carbonyl (C=O) groups is 1. The van der Waals surface area contributed by atoms with Crippen LogP contribution in [-0.4, -0.2) is 29.9 Å². The molecule has 0 fully saturated rings. The maximum absolute atomic E-state index is 11.0. The van der Waals surface area contributed by atoms with E-state index in [1.807, 2.05) is 12.2 Å². The molecule has 0 aromatic heterocycles. The van der Waals surface area contributed by atoms with Crippen molar-refractivity contribution in [3.8, 4) is 0 Å². The lowest BCUT2D eigenvalue weighted by Gasteiger charge is -2.26. The minimum Gasteiger partial charge on any atom is -0.294 e. The summed E-state index contributed by atoms with van der Waals surface area (Å²) in [5.41, 5.74) is 2.13. The first kappa shape index (κ1) is 13.9. The van der Waals surface area contributed by atoms with Crippen molar-refractivity contribution in [1.29, 1.82) is 0 Å². The normalized spacial score (nSPS) is 12.2. The fourth-order valence-electron chi connectivity index (χ4n) is 1.36. The van der Waals surface area contributed by atoms with E-state index in [0.29, 0.717) is 12.5 Å². The van der Waals surface area contributed by atoms with Gasteiger partial charge in [0.15, 0.2) is 0 Å². The van der Waals surface area contributed by atoms with Crippen LogP contribution in [0.5, 0.6) is 0 Å². The molecular formula is C11H21N3O. The largest absolute Gasteiger partial charge is 0.294 e. The number of hydrogen-bond acceptors (Lipinski definition) is 3. The van der Waals surface area contributed by atoms with E-state index in [4.69, 9.17) is 5.84 Å². The van der Waals surface area contributed by atoms with Crippen molar-refractivity contribution in [3.05, 3.63) is 25.3 Å². The van der Waals surface area contributed by atoms with E-state index in [9.17, 15) is 4.79 Å². The standard InChI is InChI=1S/C11H21N3O/c1-4-8-14(9-5-2)10(3)6-7-11(15)13-12/h4-5,10H,1-2,6-9,12H2,3H3,(H,13,15). The fourth-order valence-corrected chi connectivity index (χ4v) is 1.36. The molecule has 4 heteroatoms. The minimum absolute atomic E-state index is 0.126. The Labute approximate surface area is 91.8 Å². The predicted octanol–water partition coefficient (Wildman–Crippen LogP) is 0.819. The highest BCUT2D eigenvalue weighted by atomic mass is 16.2. The molecule has 0 aliphatic carbocycles. The number of nitrogens with zero attached hydrogens (tertiary/aromatic N) is 1. The molecule has 0 bridgehead atoms. The van der Waals surface area contributed by atoms with Crippen molar-refractivity contribution in [1.82, 2.24) is 10.3 Å². The molecule has 0 saturated heterocycles. The number of nitrogens with two attached hydrogens (primary N) is 1. The summed E-state index contributed by atoms with van der Waals surface area (Å²) in [4.78, 5) is 13.2. The Bertz CT molecular complexity index is 206. The topological polar surface area (TPSA) is 58.4 Å². The molecular weight excluding hydrogens is 190 g/mol. The van der Waals surface area contributed by atoms with E-state index in [0.717, 1.165) is 19.5 Å². The van der Waals surface area contributed by atoms with E-state index in [2.05, 4.69) is 30.4 Å². The van der Waals surface area contributed by atoms with Gasteiger partial charge in [-0.1, -0.05) is 12.2 Å². The molecule has 0 radical (unpaired) electrons. The summed E-state index contributed by atoms with van der Waals surface area (Å²) in [6.07, 6.45) is 4.93. The minimum atomic E-state index is -0.126. The van der Waals surface area contributed by atoms with Crippen LogP contribution >= 0.6 is 0 Å². The molecule has 0 rings (SSSR count). The van der Waals surface area contributed by atoms with Crippen LogP contribution in [0.4, 0.5) is 0 Å². The zero-order chi connectivity index (χ0) is 11.7. The summed E-state index contributed by atoms with van der Waals surface area (Å²) in [6.45, 7) is 11.1. The number of rotatable bonds is 8. The molecule has 0 aromatic carbocycles. The number of hydrogen-bond donors (Lipinski definition) is 2. The molecule has 3 N–H and O–H groups in total. The van der Waals surface area contributed by atoms with Gasteiger partial charge in [0.25, 0.3) is 0 Å². The Hall–Kier alpha value is -1.13. The third-order valence-corrected chi connectivity index (χ3v) is 2.30. The number of amides is 1. The second kappa shape index (κ2) is 8.20. The van der Waals surface area contributed by atoms with Gasteiger partial charge in [-0.05, 0) is 13.3 Å². The van der Waals surface area contributed by atoms with E-state index >= 15 is 0 Å². The molecule has 0 spiro atoms. The maximum Gasteiger partial charge on any atom is 0.233 e. The molecule has 1 unspecified atom stereocenters. The lowest BCUT2D eigenvalue weighted by Crippen LogP contribution is -2.36. The molecule has 0 aromatic rings. The number of hydrazine groups is 1. The fraction of sp³-hybridized carbons (Fsp3) is 0.545. The van der Waals surface area contributed by atoms with Crippen molar-refractivity contribution in [3.63, 3.8) is 0 Å². The van der Waals surface area contributed by atoms with Crippen LogP contribution < -0.4 is 11.3 Å². The van der Waals surface area contributed by atoms with Crippen molar-refractivity contribution in [2.45, 2.75) is 25.8 Å². The van der Waals surface area contributed by atoms with Gasteiger partial charge < -0.3 is 0 Å². The van der Waals surface area contributed by atoms with E-state index in [1.54, 1.807) is 0 Å². The van der Waals surface area contributed by atoms with Crippen LogP contribution in [0.15, 0.2) is 25.3 Å². The summed E-state index contributed by atoms with van der Waals surface area (Å²) < 4.78 is 0. The number of carbonyl (C=O) groups excluding carboxylic acids is 1. The average Bonchev–Trinajstić information content (AvgIpc) is 2.25. The van der Waals surface area contributed by atoms with Gasteiger partial charge in [-0.25, -0.2) is 5.84 Å². The molecule has 1 atom stereocenters. The second-order valence-electron chi connectivity index (χ2n) is 3.49. The summed E-state index contributed by atoms with van der Waals surface area (Å²) in [5, 5.41) is 0. The summed E-state index contributed by atoms with van der Waals surface area (Å²) in [6, 6.07) is 0.318. The smallest absolute Gasteiger partial charge is 0.233 e. The van der Waals surface area contributed by atoms with Gasteiger partial charge in [0, 0.05) is 25.6 Å². The SMILES string of the molecule is C=CCN(CC=C)C(C)CCC(=O)NN. The van der Waals surface area contributed by atoms with Gasteiger partial charge in [0.2, 0.25) is 5.91 Å². The van der Waals surface area contributed by atoms with Crippen LogP contribution in [0.3, 0.4) is 0 Å². The molecule has 15 heavy (non-hydrogen) atoms. The average molecular weight is 211 g/mol. The third kappa shape index (κ3) is 6.04. The van der Waals surface area contributed by atoms with Gasteiger partial charge >= 0.3 is 0 Å². The molecule has 0 saturated carbocycles. The van der Waals surface area contributed by atoms with Gasteiger partial charge in [-0.15, -0.1) is 13.2 Å². The van der Waals surface area contributed by atoms with Crippen molar-refractivity contribution in [2.24, 2.45) is 5.84 Å². The Morgan fingerprint density at radius 3 is 2.40 bits per heavy atom. The van der Waals surface area contributed by atoms with Crippen LogP contribution in [0.25, 0.3) is 0 Å². The van der Waals surface area contributed by atoms with Crippen LogP contribution in [0.2, 0.25) is 0 Å². The van der Waals surface area contributed by atoms with E-state index in [1.165, 1.54) is 0 Å². The van der Waals surface area contributed by atoms with Crippen molar-refractivity contribution < 1.29 is 4.79 Å². The highest BCUT2D eigenvalue weighted by Crippen LogP contribution is 2.06. The first-order valence-corrected chi connectivity index (χ1v) is 5.11.